The van der Waals surface area contributed by atoms with Crippen LogP contribution in [0.4, 0.5) is 0 Å². The van der Waals surface area contributed by atoms with Crippen molar-refractivity contribution in [1.82, 2.24) is 4.98 Å². The first-order valence-corrected chi connectivity index (χ1v) is 8.02. The van der Waals surface area contributed by atoms with Gasteiger partial charge in [-0.05, 0) is 59.0 Å². The number of aromatic nitrogens is 1. The van der Waals surface area contributed by atoms with Crippen LogP contribution in [-0.2, 0) is 9.84 Å². The molecule has 1 heterocycles. The highest BCUT2D eigenvalue weighted by atomic mass is 127. The summed E-state index contributed by atoms with van der Waals surface area (Å²) in [5, 5.41) is 0. The van der Waals surface area contributed by atoms with Crippen molar-refractivity contribution in [3.05, 3.63) is 46.2 Å². The second kappa shape index (κ2) is 5.23. The summed E-state index contributed by atoms with van der Waals surface area (Å²) >= 11 is 2.18. The maximum atomic E-state index is 11.6. The highest BCUT2D eigenvalue weighted by Crippen LogP contribution is 2.26. The van der Waals surface area contributed by atoms with Crippen molar-refractivity contribution in [3.63, 3.8) is 0 Å². The first kappa shape index (κ1) is 13.3. The molecule has 2 rings (SSSR count). The Kier molecular flexibility index (Phi) is 3.86. The fourth-order valence-corrected chi connectivity index (χ4v) is 2.45. The number of benzene rings is 1. The summed E-state index contributed by atoms with van der Waals surface area (Å²) in [6.07, 6.45) is 2.63. The van der Waals surface area contributed by atoms with Crippen LogP contribution in [0.1, 0.15) is 0 Å². The van der Waals surface area contributed by atoms with E-state index >= 15 is 0 Å². The smallest absolute Gasteiger partial charge is 0.238 e. The maximum Gasteiger partial charge on any atom is 0.238 e. The van der Waals surface area contributed by atoms with Gasteiger partial charge in [0.1, 0.15) is 10.6 Å². The zero-order valence-electron chi connectivity index (χ0n) is 9.50. The summed E-state index contributed by atoms with van der Waals surface area (Å²) in [6.45, 7) is 0. The third-order valence-electron chi connectivity index (χ3n) is 2.16. The number of halogens is 1. The minimum atomic E-state index is -3.35. The van der Waals surface area contributed by atoms with Crippen molar-refractivity contribution in [1.29, 1.82) is 0 Å². The van der Waals surface area contributed by atoms with E-state index in [0.29, 0.717) is 5.75 Å². The first-order chi connectivity index (χ1) is 8.47. The Morgan fingerprint density at radius 1 is 1.17 bits per heavy atom. The molecule has 0 saturated carbocycles. The minimum Gasteiger partial charge on any atom is -0.438 e. The molecule has 0 aliphatic heterocycles. The third-order valence-corrected chi connectivity index (χ3v) is 3.99. The fraction of sp³-hybridized carbons (Fsp3) is 0.0833. The molecule has 0 amide bonds. The highest BCUT2D eigenvalue weighted by molar-refractivity contribution is 14.1. The Morgan fingerprint density at radius 3 is 2.44 bits per heavy atom. The van der Waals surface area contributed by atoms with Crippen LogP contribution in [0.3, 0.4) is 0 Å². The molecule has 0 atom stereocenters. The Labute approximate surface area is 119 Å². The number of nitrogens with zero attached hydrogens (tertiary/aromatic N) is 1. The first-order valence-electron chi connectivity index (χ1n) is 5.05. The van der Waals surface area contributed by atoms with E-state index in [9.17, 15) is 8.42 Å². The summed E-state index contributed by atoms with van der Waals surface area (Å²) in [5.41, 5.74) is 0. The number of hydrogen-bond donors (Lipinski definition) is 0. The molecule has 0 bridgehead atoms. The Morgan fingerprint density at radius 2 is 1.83 bits per heavy atom. The number of ether oxygens (including phenoxy) is 1. The SMILES string of the molecule is CS(=O)(=O)c1cccnc1Oc1ccc(I)cc1. The van der Waals surface area contributed by atoms with Gasteiger partial charge in [-0.1, -0.05) is 0 Å². The zero-order valence-corrected chi connectivity index (χ0v) is 12.5. The average Bonchev–Trinajstić information content (AvgIpc) is 2.31. The third kappa shape index (κ3) is 3.20. The maximum absolute atomic E-state index is 11.6. The van der Waals surface area contributed by atoms with E-state index in [-0.39, 0.29) is 10.8 Å². The van der Waals surface area contributed by atoms with Crippen molar-refractivity contribution in [2.24, 2.45) is 0 Å². The minimum absolute atomic E-state index is 0.0866. The molecule has 0 radical (unpaired) electrons. The predicted octanol–water partition coefficient (Wildman–Crippen LogP) is 2.88. The van der Waals surface area contributed by atoms with E-state index in [2.05, 4.69) is 27.6 Å². The molecule has 0 saturated heterocycles. The monoisotopic (exact) mass is 375 g/mol. The highest BCUT2D eigenvalue weighted by Gasteiger charge is 2.15. The van der Waals surface area contributed by atoms with Gasteiger partial charge in [0.15, 0.2) is 9.84 Å². The molecule has 6 heteroatoms. The summed E-state index contributed by atoms with van der Waals surface area (Å²) in [5.74, 6) is 0.653. The lowest BCUT2D eigenvalue weighted by atomic mass is 10.3. The molecule has 18 heavy (non-hydrogen) atoms. The Balaban J connectivity index is 2.38. The second-order valence-corrected chi connectivity index (χ2v) is 6.86. The van der Waals surface area contributed by atoms with Crippen LogP contribution in [0.5, 0.6) is 11.6 Å². The van der Waals surface area contributed by atoms with Gasteiger partial charge in [0.25, 0.3) is 0 Å². The van der Waals surface area contributed by atoms with E-state index in [0.717, 1.165) is 9.83 Å². The molecular weight excluding hydrogens is 365 g/mol. The zero-order chi connectivity index (χ0) is 13.2. The number of rotatable bonds is 3. The van der Waals surface area contributed by atoms with Gasteiger partial charge in [-0.3, -0.25) is 0 Å². The van der Waals surface area contributed by atoms with Crippen LogP contribution in [0, 0.1) is 3.57 Å². The van der Waals surface area contributed by atoms with Crippen LogP contribution < -0.4 is 4.74 Å². The molecule has 0 N–H and O–H groups in total. The van der Waals surface area contributed by atoms with E-state index < -0.39 is 9.84 Å². The largest absolute Gasteiger partial charge is 0.438 e. The molecule has 1 aromatic carbocycles. The number of sulfone groups is 1. The van der Waals surface area contributed by atoms with Gasteiger partial charge in [-0.15, -0.1) is 0 Å². The lowest BCUT2D eigenvalue weighted by Gasteiger charge is -2.08. The van der Waals surface area contributed by atoms with Crippen molar-refractivity contribution in [3.8, 4) is 11.6 Å². The van der Waals surface area contributed by atoms with Gasteiger partial charge >= 0.3 is 0 Å². The molecule has 0 aliphatic rings. The Hall–Kier alpha value is -1.15. The molecule has 0 spiro atoms. The van der Waals surface area contributed by atoms with Gasteiger partial charge in [0, 0.05) is 16.0 Å². The van der Waals surface area contributed by atoms with E-state index in [4.69, 9.17) is 4.74 Å². The number of pyridine rings is 1. The topological polar surface area (TPSA) is 56.3 Å². The average molecular weight is 375 g/mol. The van der Waals surface area contributed by atoms with E-state index in [1.165, 1.54) is 12.3 Å². The van der Waals surface area contributed by atoms with Crippen LogP contribution in [0.15, 0.2) is 47.5 Å². The second-order valence-electron chi connectivity index (χ2n) is 3.63. The molecule has 94 valence electrons. The van der Waals surface area contributed by atoms with Crippen LogP contribution in [0.25, 0.3) is 0 Å². The van der Waals surface area contributed by atoms with Crippen LogP contribution in [0.2, 0.25) is 0 Å². The van der Waals surface area contributed by atoms with E-state index in [1.54, 1.807) is 18.2 Å². The van der Waals surface area contributed by atoms with E-state index in [1.807, 2.05) is 12.1 Å². The van der Waals surface area contributed by atoms with Gasteiger partial charge in [-0.25, -0.2) is 13.4 Å². The molecule has 1 aromatic heterocycles. The van der Waals surface area contributed by atoms with Crippen molar-refractivity contribution < 1.29 is 13.2 Å². The molecule has 0 fully saturated rings. The lowest BCUT2D eigenvalue weighted by molar-refractivity contribution is 0.447. The number of hydrogen-bond acceptors (Lipinski definition) is 4. The van der Waals surface area contributed by atoms with Gasteiger partial charge < -0.3 is 4.74 Å². The molecule has 4 nitrogen and oxygen atoms in total. The summed E-state index contributed by atoms with van der Waals surface area (Å²) < 4.78 is 29.7. The van der Waals surface area contributed by atoms with Crippen molar-refractivity contribution in [2.75, 3.05) is 6.26 Å². The Bertz CT molecular complexity index is 653. The molecule has 2 aromatic rings. The van der Waals surface area contributed by atoms with Crippen molar-refractivity contribution in [2.45, 2.75) is 4.90 Å². The summed E-state index contributed by atoms with van der Waals surface area (Å²) in [6, 6.07) is 10.3. The molecular formula is C12H10INO3S. The van der Waals surface area contributed by atoms with Gasteiger partial charge in [0.05, 0.1) is 0 Å². The quantitative estimate of drug-likeness (QED) is 0.775. The van der Waals surface area contributed by atoms with Crippen LogP contribution in [-0.4, -0.2) is 19.7 Å². The van der Waals surface area contributed by atoms with Gasteiger partial charge in [0.2, 0.25) is 5.88 Å². The normalized spacial score (nSPS) is 11.2. The summed E-state index contributed by atoms with van der Waals surface area (Å²) in [7, 11) is -3.35. The van der Waals surface area contributed by atoms with Gasteiger partial charge in [-0.2, -0.15) is 0 Å². The standard InChI is InChI=1S/C12H10INO3S/c1-18(15,16)11-3-2-8-14-12(11)17-10-6-4-9(13)5-7-10/h2-8H,1H3. The van der Waals surface area contributed by atoms with Crippen LogP contribution >= 0.6 is 22.6 Å². The lowest BCUT2D eigenvalue weighted by Crippen LogP contribution is -2.01. The van der Waals surface area contributed by atoms with Crippen molar-refractivity contribution >= 4 is 32.4 Å². The molecule has 0 unspecified atom stereocenters. The predicted molar refractivity (Wildman–Crippen MR) is 76.6 cm³/mol. The fourth-order valence-electron chi connectivity index (χ4n) is 1.35. The summed E-state index contributed by atoms with van der Waals surface area (Å²) in [4.78, 5) is 4.05. The molecule has 0 aliphatic carbocycles.